The van der Waals surface area contributed by atoms with Crippen LogP contribution in [0.3, 0.4) is 0 Å². The van der Waals surface area contributed by atoms with Crippen LogP contribution in [-0.2, 0) is 22.6 Å². The summed E-state index contributed by atoms with van der Waals surface area (Å²) in [5.41, 5.74) is 2.02. The van der Waals surface area contributed by atoms with Crippen molar-refractivity contribution in [2.45, 2.75) is 32.1 Å². The van der Waals surface area contributed by atoms with E-state index in [1.54, 1.807) is 11.3 Å². The van der Waals surface area contributed by atoms with E-state index in [9.17, 15) is 18.0 Å². The second-order valence-electron chi connectivity index (χ2n) is 8.15. The van der Waals surface area contributed by atoms with E-state index < -0.39 is 12.1 Å². The molecule has 1 atom stereocenters. The summed E-state index contributed by atoms with van der Waals surface area (Å²) in [7, 11) is 0. The number of carboxylic acids is 1. The van der Waals surface area contributed by atoms with Gasteiger partial charge in [0.05, 0.1) is 5.69 Å². The number of carboxylic acid groups (broad SMARTS) is 1. The molecule has 0 aliphatic carbocycles. The third-order valence-electron chi connectivity index (χ3n) is 5.57. The van der Waals surface area contributed by atoms with E-state index in [2.05, 4.69) is 26.1 Å². The number of hydrogen-bond donors (Lipinski definition) is 2. The lowest BCUT2D eigenvalue weighted by Crippen LogP contribution is -2.39. The molecule has 0 aromatic carbocycles. The van der Waals surface area contributed by atoms with Crippen molar-refractivity contribution in [3.05, 3.63) is 40.3 Å². The average molecular weight is 489 g/mol. The Morgan fingerprint density at radius 1 is 1.21 bits per heavy atom. The van der Waals surface area contributed by atoms with Crippen molar-refractivity contribution in [2.24, 2.45) is 11.8 Å². The number of aliphatic carboxylic acids is 1. The molecule has 1 saturated heterocycles. The zero-order valence-electron chi connectivity index (χ0n) is 18.0. The van der Waals surface area contributed by atoms with Gasteiger partial charge in [-0.3, -0.25) is 14.4 Å². The number of alkyl halides is 3. The first-order valence-corrected chi connectivity index (χ1v) is 11.6. The van der Waals surface area contributed by atoms with Gasteiger partial charge in [0.15, 0.2) is 0 Å². The van der Waals surface area contributed by atoms with Crippen LogP contribution in [0, 0.1) is 11.8 Å². The zero-order chi connectivity index (χ0) is 23.8. The second kappa shape index (κ2) is 11.6. The van der Waals surface area contributed by atoms with Crippen LogP contribution in [-0.4, -0.2) is 70.7 Å². The van der Waals surface area contributed by atoms with Gasteiger partial charge in [0.1, 0.15) is 0 Å². The molecule has 1 amide bonds. The van der Waals surface area contributed by atoms with Crippen molar-refractivity contribution < 1.29 is 32.6 Å². The molecular weight excluding hydrogens is 461 g/mol. The standard InChI is InChI=1S/C19H26N4O2S.C2HF3O2/c24-19(17-4-8-26-14-17)20-9-16-11-22(10-15-2-6-25-7-3-15)13-18-1-5-21-23(18)12-16;3-2(4,5)1(6)7/h1,4-5,8,14-16H,2-3,6-7,9-13H2,(H,20,24);(H,6,7). The number of carbonyl (C=O) groups excluding carboxylic acids is 1. The Hall–Kier alpha value is -2.44. The summed E-state index contributed by atoms with van der Waals surface area (Å²) in [5.74, 6) is -1.67. The molecule has 33 heavy (non-hydrogen) atoms. The summed E-state index contributed by atoms with van der Waals surface area (Å²) in [5, 5.41) is 18.5. The molecule has 2 aliphatic rings. The fourth-order valence-corrected chi connectivity index (χ4v) is 4.55. The Labute approximate surface area is 193 Å². The van der Waals surface area contributed by atoms with E-state index in [4.69, 9.17) is 14.6 Å². The Balaban J connectivity index is 0.000000383. The molecule has 2 aromatic rings. The number of aromatic nitrogens is 2. The maximum absolute atomic E-state index is 12.3. The average Bonchev–Trinajstić information content (AvgIpc) is 3.42. The predicted octanol–water partition coefficient (Wildman–Crippen LogP) is 2.87. The van der Waals surface area contributed by atoms with E-state index in [0.29, 0.717) is 18.4 Å². The number of halogens is 3. The lowest BCUT2D eigenvalue weighted by molar-refractivity contribution is -0.192. The molecule has 0 saturated carbocycles. The highest BCUT2D eigenvalue weighted by atomic mass is 32.1. The minimum absolute atomic E-state index is 0.0205. The molecule has 4 heterocycles. The second-order valence-corrected chi connectivity index (χ2v) is 8.93. The van der Waals surface area contributed by atoms with Crippen molar-refractivity contribution >= 4 is 23.2 Å². The number of amides is 1. The SMILES string of the molecule is O=C(NCC1CN(CC2CCOCC2)Cc2ccnn2C1)c1ccsc1.O=C(O)C(F)(F)F. The molecule has 0 spiro atoms. The maximum atomic E-state index is 12.3. The number of carbonyl (C=O) groups is 2. The normalized spacial score (nSPS) is 19.7. The molecule has 8 nitrogen and oxygen atoms in total. The molecule has 2 N–H and O–H groups in total. The smallest absolute Gasteiger partial charge is 0.475 e. The number of fused-ring (bicyclic) bond motifs is 1. The Morgan fingerprint density at radius 2 is 1.94 bits per heavy atom. The minimum atomic E-state index is -5.08. The highest BCUT2D eigenvalue weighted by molar-refractivity contribution is 7.08. The molecule has 2 aromatic heterocycles. The molecule has 0 bridgehead atoms. The number of hydrogen-bond acceptors (Lipinski definition) is 6. The summed E-state index contributed by atoms with van der Waals surface area (Å²) in [4.78, 5) is 23.7. The van der Waals surface area contributed by atoms with Gasteiger partial charge in [0.25, 0.3) is 5.91 Å². The first-order valence-electron chi connectivity index (χ1n) is 10.6. The van der Waals surface area contributed by atoms with Gasteiger partial charge in [0.2, 0.25) is 0 Å². The van der Waals surface area contributed by atoms with Crippen molar-refractivity contribution in [2.75, 3.05) is 32.8 Å². The monoisotopic (exact) mass is 488 g/mol. The van der Waals surface area contributed by atoms with Crippen molar-refractivity contribution in [3.63, 3.8) is 0 Å². The van der Waals surface area contributed by atoms with Crippen molar-refractivity contribution in [3.8, 4) is 0 Å². The molecule has 12 heteroatoms. The Bertz CT molecular complexity index is 898. The fraction of sp³-hybridized carbons (Fsp3) is 0.571. The number of ether oxygens (including phenoxy) is 1. The van der Waals surface area contributed by atoms with Gasteiger partial charge in [-0.1, -0.05) is 0 Å². The van der Waals surface area contributed by atoms with E-state index in [1.807, 2.05) is 23.0 Å². The lowest BCUT2D eigenvalue weighted by atomic mass is 9.99. The van der Waals surface area contributed by atoms with Gasteiger partial charge in [0, 0.05) is 69.0 Å². The van der Waals surface area contributed by atoms with Gasteiger partial charge in [-0.25, -0.2) is 4.79 Å². The van der Waals surface area contributed by atoms with E-state index in [1.165, 1.54) is 5.69 Å². The van der Waals surface area contributed by atoms with Crippen LogP contribution < -0.4 is 5.32 Å². The van der Waals surface area contributed by atoms with Gasteiger partial charge >= 0.3 is 12.1 Å². The van der Waals surface area contributed by atoms with Crippen LogP contribution in [0.25, 0.3) is 0 Å². The largest absolute Gasteiger partial charge is 0.490 e. The topological polar surface area (TPSA) is 96.7 Å². The summed E-state index contributed by atoms with van der Waals surface area (Å²) in [6, 6.07) is 3.99. The molecule has 0 radical (unpaired) electrons. The minimum Gasteiger partial charge on any atom is -0.475 e. The Morgan fingerprint density at radius 3 is 2.58 bits per heavy atom. The van der Waals surface area contributed by atoms with Crippen LogP contribution in [0.2, 0.25) is 0 Å². The highest BCUT2D eigenvalue weighted by Gasteiger charge is 2.38. The number of nitrogens with one attached hydrogen (secondary N) is 1. The molecule has 2 aliphatic heterocycles. The first kappa shape index (κ1) is 25.2. The predicted molar refractivity (Wildman–Crippen MR) is 115 cm³/mol. The third kappa shape index (κ3) is 7.83. The molecule has 182 valence electrons. The summed E-state index contributed by atoms with van der Waals surface area (Å²) >= 11 is 1.55. The summed E-state index contributed by atoms with van der Waals surface area (Å²) in [6.45, 7) is 6.34. The van der Waals surface area contributed by atoms with Crippen LogP contribution in [0.15, 0.2) is 29.1 Å². The number of rotatable bonds is 5. The lowest BCUT2D eigenvalue weighted by Gasteiger charge is -2.30. The molecular formula is C21H27F3N4O4S. The van der Waals surface area contributed by atoms with Crippen LogP contribution >= 0.6 is 11.3 Å². The van der Waals surface area contributed by atoms with Gasteiger partial charge in [-0.15, -0.1) is 0 Å². The quantitative estimate of drug-likeness (QED) is 0.672. The molecule has 4 rings (SSSR count). The number of thiophene rings is 1. The summed E-state index contributed by atoms with van der Waals surface area (Å²) in [6.07, 6.45) is -0.904. The van der Waals surface area contributed by atoms with Crippen LogP contribution in [0.4, 0.5) is 13.2 Å². The van der Waals surface area contributed by atoms with Gasteiger partial charge < -0.3 is 15.2 Å². The van der Waals surface area contributed by atoms with Gasteiger partial charge in [-0.05, 0) is 36.3 Å². The zero-order valence-corrected chi connectivity index (χ0v) is 18.8. The van der Waals surface area contributed by atoms with Crippen LogP contribution in [0.5, 0.6) is 0 Å². The van der Waals surface area contributed by atoms with Crippen molar-refractivity contribution in [1.82, 2.24) is 20.0 Å². The fourth-order valence-electron chi connectivity index (χ4n) is 3.91. The van der Waals surface area contributed by atoms with Crippen molar-refractivity contribution in [1.29, 1.82) is 0 Å². The Kier molecular flexibility index (Phi) is 8.87. The number of nitrogens with zero attached hydrogens (tertiary/aromatic N) is 3. The van der Waals surface area contributed by atoms with Gasteiger partial charge in [-0.2, -0.15) is 29.6 Å². The maximum Gasteiger partial charge on any atom is 0.490 e. The van der Waals surface area contributed by atoms with Crippen LogP contribution in [0.1, 0.15) is 28.9 Å². The highest BCUT2D eigenvalue weighted by Crippen LogP contribution is 2.21. The van der Waals surface area contributed by atoms with E-state index >= 15 is 0 Å². The first-order chi connectivity index (χ1) is 15.7. The van der Waals surface area contributed by atoms with E-state index in [0.717, 1.165) is 57.8 Å². The molecule has 1 unspecified atom stereocenters. The molecule has 1 fully saturated rings. The van der Waals surface area contributed by atoms with E-state index in [-0.39, 0.29) is 5.91 Å². The third-order valence-corrected chi connectivity index (χ3v) is 6.26. The summed E-state index contributed by atoms with van der Waals surface area (Å²) < 4.78 is 39.3.